The minimum absolute atomic E-state index is 0.0394. The van der Waals surface area contributed by atoms with Crippen molar-refractivity contribution in [1.29, 1.82) is 0 Å². The van der Waals surface area contributed by atoms with Crippen molar-refractivity contribution in [2.75, 3.05) is 38.4 Å². The highest BCUT2D eigenvalue weighted by Crippen LogP contribution is 2.42. The lowest BCUT2D eigenvalue weighted by molar-refractivity contribution is 0.0592. The molecule has 2 aromatic heterocycles. The summed E-state index contributed by atoms with van der Waals surface area (Å²) < 4.78 is 11.2. The van der Waals surface area contributed by atoms with E-state index in [0.29, 0.717) is 38.8 Å². The Morgan fingerprint density at radius 2 is 2.13 bits per heavy atom. The molecule has 2 aliphatic heterocycles. The minimum atomic E-state index is 0.0394. The Kier molecular flexibility index (Phi) is 5.48. The van der Waals surface area contributed by atoms with Crippen LogP contribution >= 0.6 is 11.3 Å². The number of ether oxygens (including phenoxy) is 2. The zero-order chi connectivity index (χ0) is 21.7. The fourth-order valence-electron chi connectivity index (χ4n) is 4.86. The first-order valence-corrected chi connectivity index (χ1v) is 11.9. The molecule has 0 bridgehead atoms. The van der Waals surface area contributed by atoms with Gasteiger partial charge in [0.05, 0.1) is 52.7 Å². The Morgan fingerprint density at radius 3 is 2.81 bits per heavy atom. The van der Waals surface area contributed by atoms with Crippen LogP contribution < -0.4 is 4.90 Å². The number of aryl methyl sites for hydroxylation is 2. The van der Waals surface area contributed by atoms with E-state index < -0.39 is 0 Å². The lowest BCUT2D eigenvalue weighted by Crippen LogP contribution is -2.49. The van der Waals surface area contributed by atoms with Crippen LogP contribution in [0.2, 0.25) is 0 Å². The van der Waals surface area contributed by atoms with E-state index in [0.717, 1.165) is 38.2 Å². The first-order valence-electron chi connectivity index (χ1n) is 11.1. The Morgan fingerprint density at radius 1 is 1.32 bits per heavy atom. The first-order chi connectivity index (χ1) is 15.0. The molecule has 2 fully saturated rings. The van der Waals surface area contributed by atoms with Gasteiger partial charge in [-0.3, -0.25) is 4.79 Å². The van der Waals surface area contributed by atoms with Gasteiger partial charge in [0.25, 0.3) is 5.91 Å². The molecule has 31 heavy (non-hydrogen) atoms. The normalized spacial score (nSPS) is 22.2. The zero-order valence-corrected chi connectivity index (χ0v) is 19.5. The van der Waals surface area contributed by atoms with Gasteiger partial charge in [0.1, 0.15) is 5.82 Å². The third kappa shape index (κ3) is 3.75. The molecule has 2 aromatic rings. The van der Waals surface area contributed by atoms with E-state index in [1.54, 1.807) is 18.4 Å². The lowest BCUT2D eigenvalue weighted by Gasteiger charge is -2.37. The summed E-state index contributed by atoms with van der Waals surface area (Å²) in [6, 6.07) is 2.42. The number of hydrogen-bond acceptors (Lipinski definition) is 7. The number of fused-ring (bicyclic) bond motifs is 1. The minimum Gasteiger partial charge on any atom is -0.382 e. The highest BCUT2D eigenvalue weighted by atomic mass is 32.1. The Bertz CT molecular complexity index is 1000. The Balaban J connectivity index is 1.62. The summed E-state index contributed by atoms with van der Waals surface area (Å²) in [4.78, 5) is 28.7. The van der Waals surface area contributed by atoms with Crippen LogP contribution in [0, 0.1) is 19.8 Å². The number of nitrogens with zero attached hydrogens (tertiary/aromatic N) is 4. The van der Waals surface area contributed by atoms with Gasteiger partial charge in [0.15, 0.2) is 0 Å². The number of thiazole rings is 1. The van der Waals surface area contributed by atoms with Gasteiger partial charge in [-0.15, -0.1) is 11.3 Å². The summed E-state index contributed by atoms with van der Waals surface area (Å²) in [5.74, 6) is 1.52. The van der Waals surface area contributed by atoms with E-state index in [4.69, 9.17) is 14.5 Å². The molecule has 166 valence electrons. The van der Waals surface area contributed by atoms with Crippen molar-refractivity contribution in [2.45, 2.75) is 52.2 Å². The van der Waals surface area contributed by atoms with Gasteiger partial charge >= 0.3 is 0 Å². The summed E-state index contributed by atoms with van der Waals surface area (Å²) in [5.41, 5.74) is 3.74. The molecule has 0 radical (unpaired) electrons. The molecule has 1 saturated carbocycles. The van der Waals surface area contributed by atoms with Crippen molar-refractivity contribution < 1.29 is 14.3 Å². The number of methoxy groups -OCH3 is 1. The summed E-state index contributed by atoms with van der Waals surface area (Å²) in [6.45, 7) is 9.33. The lowest BCUT2D eigenvalue weighted by atomic mass is 10.1. The molecule has 7 nitrogen and oxygen atoms in total. The van der Waals surface area contributed by atoms with E-state index >= 15 is 0 Å². The van der Waals surface area contributed by atoms with E-state index in [1.165, 1.54) is 12.8 Å². The van der Waals surface area contributed by atoms with Crippen molar-refractivity contribution in [3.8, 4) is 10.6 Å². The predicted octanol–water partition coefficient (Wildman–Crippen LogP) is 3.43. The Labute approximate surface area is 187 Å². The van der Waals surface area contributed by atoms with E-state index in [-0.39, 0.29) is 18.0 Å². The highest BCUT2D eigenvalue weighted by molar-refractivity contribution is 7.15. The van der Waals surface area contributed by atoms with Crippen molar-refractivity contribution >= 4 is 23.1 Å². The molecule has 4 heterocycles. The molecule has 0 N–H and O–H groups in total. The van der Waals surface area contributed by atoms with Crippen LogP contribution in [-0.2, 0) is 16.0 Å². The average Bonchev–Trinajstić information content (AvgIpc) is 3.48. The number of anilines is 1. The van der Waals surface area contributed by atoms with Gasteiger partial charge in [0, 0.05) is 26.2 Å². The number of rotatable bonds is 6. The van der Waals surface area contributed by atoms with Crippen LogP contribution in [0.4, 0.5) is 5.82 Å². The maximum Gasteiger partial charge on any atom is 0.258 e. The maximum absolute atomic E-state index is 13.6. The summed E-state index contributed by atoms with van der Waals surface area (Å²) >= 11 is 1.66. The monoisotopic (exact) mass is 442 g/mol. The molecule has 8 heteroatoms. The molecule has 0 aromatic carbocycles. The first kappa shape index (κ1) is 20.8. The average molecular weight is 443 g/mol. The van der Waals surface area contributed by atoms with Crippen molar-refractivity contribution in [3.05, 3.63) is 27.9 Å². The summed E-state index contributed by atoms with van der Waals surface area (Å²) in [7, 11) is 1.70. The van der Waals surface area contributed by atoms with Gasteiger partial charge in [-0.25, -0.2) is 9.97 Å². The molecular formula is C23H30N4O3S. The molecule has 1 aliphatic carbocycles. The highest BCUT2D eigenvalue weighted by Gasteiger charge is 2.42. The second-order valence-corrected chi connectivity index (χ2v) is 10.1. The van der Waals surface area contributed by atoms with Crippen LogP contribution in [0.15, 0.2) is 6.07 Å². The smallest absolute Gasteiger partial charge is 0.258 e. The molecule has 5 rings (SSSR count). The van der Waals surface area contributed by atoms with Crippen LogP contribution in [0.25, 0.3) is 10.6 Å². The standard InChI is InChI=1S/C23H30N4O3S/c1-13-21(31-15(3)24-13)19-9-17-10-27(14(2)16-5-6-16)23(28)20(17)22(25-19)26-7-8-30-12-18(26)11-29-4/h9,14,16,18H,5-8,10-12H2,1-4H3/t14-,18-/m0/s1. The topological polar surface area (TPSA) is 67.8 Å². The number of pyridine rings is 1. The van der Waals surface area contributed by atoms with Crippen LogP contribution in [0.3, 0.4) is 0 Å². The molecule has 0 spiro atoms. The molecule has 0 unspecified atom stereocenters. The number of morpholine rings is 1. The SMILES string of the molecule is COC[C@H]1COCCN1c1nc(-c2sc(C)nc2C)cc2c1C(=O)N([C@@H](C)C1CC1)C2. The van der Waals surface area contributed by atoms with Gasteiger partial charge in [0.2, 0.25) is 0 Å². The molecular weight excluding hydrogens is 412 g/mol. The van der Waals surface area contributed by atoms with Gasteiger partial charge in [-0.2, -0.15) is 0 Å². The Hall–Kier alpha value is -2.03. The molecule has 1 amide bonds. The fourth-order valence-corrected chi connectivity index (χ4v) is 5.74. The fraction of sp³-hybridized carbons (Fsp3) is 0.609. The number of hydrogen-bond donors (Lipinski definition) is 0. The molecule has 3 aliphatic rings. The van der Waals surface area contributed by atoms with Crippen molar-refractivity contribution in [2.24, 2.45) is 5.92 Å². The predicted molar refractivity (Wildman–Crippen MR) is 121 cm³/mol. The molecule has 2 atom stereocenters. The van der Waals surface area contributed by atoms with Crippen LogP contribution in [0.1, 0.15) is 46.4 Å². The third-order valence-corrected chi connectivity index (χ3v) is 7.78. The number of carbonyl (C=O) groups is 1. The summed E-state index contributed by atoms with van der Waals surface area (Å²) in [5, 5.41) is 1.03. The number of carbonyl (C=O) groups excluding carboxylic acids is 1. The second-order valence-electron chi connectivity index (χ2n) is 8.90. The van der Waals surface area contributed by atoms with E-state index in [9.17, 15) is 4.79 Å². The second kappa shape index (κ2) is 8.15. The van der Waals surface area contributed by atoms with Gasteiger partial charge in [-0.05, 0) is 51.2 Å². The van der Waals surface area contributed by atoms with Gasteiger partial charge < -0.3 is 19.3 Å². The van der Waals surface area contributed by atoms with E-state index in [2.05, 4.69) is 22.9 Å². The molecule has 1 saturated heterocycles. The van der Waals surface area contributed by atoms with E-state index in [1.807, 2.05) is 18.7 Å². The van der Waals surface area contributed by atoms with Crippen molar-refractivity contribution in [3.63, 3.8) is 0 Å². The third-order valence-electron chi connectivity index (χ3n) is 6.69. The number of aromatic nitrogens is 2. The quantitative estimate of drug-likeness (QED) is 0.683. The zero-order valence-electron chi connectivity index (χ0n) is 18.7. The van der Waals surface area contributed by atoms with Gasteiger partial charge in [-0.1, -0.05) is 0 Å². The van der Waals surface area contributed by atoms with Crippen LogP contribution in [-0.4, -0.2) is 66.3 Å². The largest absolute Gasteiger partial charge is 0.382 e. The number of amides is 1. The maximum atomic E-state index is 13.6. The summed E-state index contributed by atoms with van der Waals surface area (Å²) in [6.07, 6.45) is 2.44. The van der Waals surface area contributed by atoms with Crippen LogP contribution in [0.5, 0.6) is 0 Å². The van der Waals surface area contributed by atoms with Crippen molar-refractivity contribution in [1.82, 2.24) is 14.9 Å².